The molecule has 127 valence electrons. The summed E-state index contributed by atoms with van der Waals surface area (Å²) in [5, 5.41) is 0. The number of benzene rings is 1. The van der Waals surface area contributed by atoms with E-state index in [0.29, 0.717) is 30.4 Å². The zero-order valence-electron chi connectivity index (χ0n) is 13.3. The monoisotopic (exact) mass is 521 g/mol. The van der Waals surface area contributed by atoms with Crippen molar-refractivity contribution in [3.05, 3.63) is 57.8 Å². The first-order chi connectivity index (χ1) is 11.0. The number of allylic oxidation sites excluding steroid dienone is 3. The smallest absolute Gasteiger partial charge is 0.256 e. The van der Waals surface area contributed by atoms with Gasteiger partial charge in [0.05, 0.1) is 13.2 Å². The predicted molar refractivity (Wildman–Crippen MR) is 94.4 cm³/mol. The first kappa shape index (κ1) is 21.7. The van der Waals surface area contributed by atoms with Crippen molar-refractivity contribution in [1.82, 2.24) is 4.90 Å². The summed E-state index contributed by atoms with van der Waals surface area (Å²) in [6.07, 6.45) is 2.36. The molecule has 0 fully saturated rings. The molecule has 0 N–H and O–H groups in total. The summed E-state index contributed by atoms with van der Waals surface area (Å²) in [5.74, 6) is 0.701. The molecule has 0 atom stereocenters. The quantitative estimate of drug-likeness (QED) is 0.304. The Morgan fingerprint density at radius 3 is 2.50 bits per heavy atom. The molecule has 0 saturated carbocycles. The van der Waals surface area contributed by atoms with Crippen LogP contribution in [0, 0.1) is 6.08 Å². The Balaban J connectivity index is 0.00000288. The molecule has 0 aliphatic carbocycles. The van der Waals surface area contributed by atoms with E-state index in [-0.39, 0.29) is 32.7 Å². The Morgan fingerprint density at radius 1 is 1.25 bits per heavy atom. The molecule has 1 aliphatic heterocycles. The molecule has 0 saturated heterocycles. The van der Waals surface area contributed by atoms with E-state index in [0.717, 1.165) is 9.14 Å². The molecule has 24 heavy (non-hydrogen) atoms. The second-order valence-corrected chi connectivity index (χ2v) is 5.96. The van der Waals surface area contributed by atoms with E-state index < -0.39 is 13.0 Å². The van der Waals surface area contributed by atoms with E-state index >= 15 is 0 Å². The van der Waals surface area contributed by atoms with Gasteiger partial charge in [-0.05, 0) is 17.8 Å². The van der Waals surface area contributed by atoms with Crippen LogP contribution in [0.1, 0.15) is 5.56 Å². The van der Waals surface area contributed by atoms with Gasteiger partial charge in [-0.25, -0.2) is 8.78 Å². The molecule has 1 aromatic rings. The van der Waals surface area contributed by atoms with Crippen LogP contribution in [-0.4, -0.2) is 38.2 Å². The number of nitrogens with zero attached hydrogens (tertiary/aromatic N) is 1. The van der Waals surface area contributed by atoms with E-state index in [4.69, 9.17) is 9.47 Å². The minimum Gasteiger partial charge on any atom is -0.491 e. The molecular weight excluding hydrogens is 504 g/mol. The van der Waals surface area contributed by atoms with Crippen molar-refractivity contribution in [2.45, 2.75) is 6.43 Å². The average Bonchev–Trinajstić information content (AvgIpc) is 2.53. The van der Waals surface area contributed by atoms with E-state index in [1.54, 1.807) is 25.3 Å². The first-order valence-corrected chi connectivity index (χ1v) is 8.07. The van der Waals surface area contributed by atoms with Gasteiger partial charge in [0.1, 0.15) is 12.4 Å². The number of hydrogen-bond donors (Lipinski definition) is 0. The summed E-state index contributed by atoms with van der Waals surface area (Å²) in [5.41, 5.74) is 1.92. The summed E-state index contributed by atoms with van der Waals surface area (Å²) >= 11 is 2.07. The maximum absolute atomic E-state index is 12.9. The SMILES string of the molecule is C=C1C(I)=C[C-]=C(c2ccc(OCCOC)cc2)N1CC(F)F.[Y]. The van der Waals surface area contributed by atoms with E-state index in [9.17, 15) is 8.78 Å². The Bertz CT molecular complexity index is 618. The number of methoxy groups -OCH3 is 1. The van der Waals surface area contributed by atoms with Crippen molar-refractivity contribution in [2.24, 2.45) is 0 Å². The molecule has 1 aliphatic rings. The van der Waals surface area contributed by atoms with Gasteiger partial charge < -0.3 is 14.4 Å². The van der Waals surface area contributed by atoms with Crippen molar-refractivity contribution in [3.8, 4) is 5.75 Å². The van der Waals surface area contributed by atoms with Crippen LogP contribution in [0.25, 0.3) is 5.70 Å². The van der Waals surface area contributed by atoms with E-state index in [2.05, 4.69) is 35.2 Å². The number of hydrogen-bond acceptors (Lipinski definition) is 3. The Kier molecular flexibility index (Phi) is 9.63. The van der Waals surface area contributed by atoms with Crippen LogP contribution in [0.2, 0.25) is 0 Å². The fourth-order valence-electron chi connectivity index (χ4n) is 2.09. The maximum Gasteiger partial charge on any atom is 0.256 e. The van der Waals surface area contributed by atoms with Gasteiger partial charge in [-0.15, -0.1) is 34.7 Å². The van der Waals surface area contributed by atoms with Gasteiger partial charge >= 0.3 is 0 Å². The zero-order chi connectivity index (χ0) is 16.8. The van der Waals surface area contributed by atoms with Crippen molar-refractivity contribution in [1.29, 1.82) is 0 Å². The van der Waals surface area contributed by atoms with Gasteiger partial charge in [-0.1, -0.05) is 21.4 Å². The number of ether oxygens (including phenoxy) is 2. The summed E-state index contributed by atoms with van der Waals surface area (Å²) in [6, 6.07) is 7.24. The minimum absolute atomic E-state index is 0. The van der Waals surface area contributed by atoms with Crippen LogP contribution >= 0.6 is 22.6 Å². The van der Waals surface area contributed by atoms with Gasteiger partial charge in [0.2, 0.25) is 0 Å². The fourth-order valence-corrected chi connectivity index (χ4v) is 2.53. The fraction of sp³-hybridized carbons (Fsp3) is 0.294. The maximum atomic E-state index is 12.9. The molecule has 0 spiro atoms. The van der Waals surface area contributed by atoms with Crippen LogP contribution in [-0.2, 0) is 37.4 Å². The Hall–Kier alpha value is -0.306. The molecule has 1 aromatic carbocycles. The van der Waals surface area contributed by atoms with Gasteiger partial charge in [-0.3, -0.25) is 0 Å². The van der Waals surface area contributed by atoms with E-state index in [1.807, 2.05) is 12.1 Å². The number of rotatable bonds is 7. The average molecular weight is 521 g/mol. The summed E-state index contributed by atoms with van der Waals surface area (Å²) in [7, 11) is 1.61. The Labute approximate surface area is 179 Å². The Morgan fingerprint density at radius 2 is 1.92 bits per heavy atom. The molecule has 0 aromatic heterocycles. The second-order valence-electron chi connectivity index (χ2n) is 4.80. The molecular formula is C17H17F2INO2Y-. The largest absolute Gasteiger partial charge is 0.491 e. The van der Waals surface area contributed by atoms with Gasteiger partial charge in [0.15, 0.2) is 0 Å². The van der Waals surface area contributed by atoms with E-state index in [1.165, 1.54) is 4.90 Å². The van der Waals surface area contributed by atoms with Crippen molar-refractivity contribution >= 4 is 28.3 Å². The third-order valence-electron chi connectivity index (χ3n) is 3.21. The van der Waals surface area contributed by atoms with Crippen LogP contribution < -0.4 is 4.74 Å². The zero-order valence-corrected chi connectivity index (χ0v) is 18.3. The topological polar surface area (TPSA) is 21.7 Å². The summed E-state index contributed by atoms with van der Waals surface area (Å²) < 4.78 is 37.0. The standard InChI is InChI=1S/C17H17F2INO2.Y/c1-12-15(20)7-8-16(21(12)11-17(18)19)13-3-5-14(6-4-13)23-10-9-22-2;/h3-7,17H,1,9-11H2,2H3;/q-1;. The molecule has 2 rings (SSSR count). The van der Waals surface area contributed by atoms with Gasteiger partial charge in [-0.2, -0.15) is 12.2 Å². The van der Waals surface area contributed by atoms with Crippen LogP contribution in [0.5, 0.6) is 5.75 Å². The minimum atomic E-state index is -2.46. The van der Waals surface area contributed by atoms with Crippen molar-refractivity contribution in [2.75, 3.05) is 26.9 Å². The summed E-state index contributed by atoms with van der Waals surface area (Å²) in [6.45, 7) is 4.45. The molecule has 7 heteroatoms. The molecule has 0 bridgehead atoms. The third kappa shape index (κ3) is 5.90. The summed E-state index contributed by atoms with van der Waals surface area (Å²) in [4.78, 5) is 1.49. The van der Waals surface area contributed by atoms with Gasteiger partial charge in [0.25, 0.3) is 6.43 Å². The molecule has 1 radical (unpaired) electrons. The molecule has 0 unspecified atom stereocenters. The molecule has 0 amide bonds. The molecule has 1 heterocycles. The van der Waals surface area contributed by atoms with Crippen LogP contribution in [0.3, 0.4) is 0 Å². The number of alkyl halides is 2. The molecule has 3 nitrogen and oxygen atoms in total. The third-order valence-corrected chi connectivity index (χ3v) is 4.15. The normalized spacial score (nSPS) is 14.2. The van der Waals surface area contributed by atoms with Crippen LogP contribution in [0.4, 0.5) is 8.78 Å². The first-order valence-electron chi connectivity index (χ1n) is 6.99. The second kappa shape index (κ2) is 10.6. The van der Waals surface area contributed by atoms with Crippen LogP contribution in [0.15, 0.2) is 46.2 Å². The van der Waals surface area contributed by atoms with Gasteiger partial charge in [0, 0.05) is 39.8 Å². The number of halogens is 3. The van der Waals surface area contributed by atoms with Crippen molar-refractivity contribution < 1.29 is 51.0 Å². The van der Waals surface area contributed by atoms with Crippen molar-refractivity contribution in [3.63, 3.8) is 0 Å². The predicted octanol–water partition coefficient (Wildman–Crippen LogP) is 4.27.